The van der Waals surface area contributed by atoms with Gasteiger partial charge < -0.3 is 14.6 Å². The van der Waals surface area contributed by atoms with E-state index in [1.54, 1.807) is 6.92 Å². The lowest BCUT2D eigenvalue weighted by Crippen LogP contribution is -2.36. The number of benzene rings is 2. The van der Waals surface area contributed by atoms with Crippen LogP contribution in [0.3, 0.4) is 0 Å². The lowest BCUT2D eigenvalue weighted by atomic mass is 9.95. The summed E-state index contributed by atoms with van der Waals surface area (Å²) < 4.78 is 80.7. The number of aryl methyl sites for hydroxylation is 1. The maximum absolute atomic E-state index is 16.2. The topological polar surface area (TPSA) is 56.9 Å². The molecule has 0 saturated carbocycles. The van der Waals surface area contributed by atoms with Gasteiger partial charge in [-0.15, -0.1) is 10.2 Å². The minimum atomic E-state index is -4.67. The fraction of sp³-hybridized carbons (Fsp3) is 0.333. The fourth-order valence-electron chi connectivity index (χ4n) is 4.76. The summed E-state index contributed by atoms with van der Waals surface area (Å²) in [6, 6.07) is 6.47. The third kappa shape index (κ3) is 3.48. The summed E-state index contributed by atoms with van der Waals surface area (Å²) in [7, 11) is 1.39. The van der Waals surface area contributed by atoms with E-state index >= 15 is 8.78 Å². The summed E-state index contributed by atoms with van der Waals surface area (Å²) in [6.45, 7) is 5.23. The van der Waals surface area contributed by atoms with Crippen LogP contribution in [-0.2, 0) is 23.0 Å². The Balaban J connectivity index is 1.80. The number of hydrogen-bond acceptors (Lipinski definition) is 4. The Morgan fingerprint density at radius 3 is 2.54 bits per heavy atom. The van der Waals surface area contributed by atoms with Crippen molar-refractivity contribution in [3.8, 4) is 16.8 Å². The molecule has 0 saturated heterocycles. The van der Waals surface area contributed by atoms with E-state index in [0.29, 0.717) is 11.6 Å². The number of aromatic nitrogens is 4. The molecule has 11 heteroatoms. The number of nitrogens with zero attached hydrogens (tertiary/aromatic N) is 4. The molecule has 0 fully saturated rings. The minimum Gasteiger partial charge on any atom is -0.383 e. The average molecular weight is 491 g/mol. The van der Waals surface area contributed by atoms with Crippen LogP contribution in [0, 0.1) is 18.6 Å². The summed E-state index contributed by atoms with van der Waals surface area (Å²) >= 11 is 0. The standard InChI is InChI=1S/C24H22F5N5O/c1-12-31-32-22-23(2,3)30-16-11-15(25)19(20(26)21(16)34(12)22)13-6-5-7-17-14(13)10-18(24(27,28)29)33(17)8-9-35-4/h5-7,10-11,30H,8-9H2,1-4H3. The summed E-state index contributed by atoms with van der Waals surface area (Å²) in [5, 5.41) is 11.4. The average Bonchev–Trinajstić information content (AvgIpc) is 3.34. The van der Waals surface area contributed by atoms with Crippen LogP contribution in [0.2, 0.25) is 0 Å². The highest BCUT2D eigenvalue weighted by molar-refractivity contribution is 5.97. The molecule has 0 atom stereocenters. The van der Waals surface area contributed by atoms with Crippen LogP contribution in [0.4, 0.5) is 27.6 Å². The molecule has 1 aliphatic rings. The van der Waals surface area contributed by atoms with Crippen LogP contribution >= 0.6 is 0 Å². The SMILES string of the molecule is COCCn1c(C(F)(F)F)cc2c(-c3c(F)cc4c(c3F)-n3c(C)nnc3C(C)(C)N4)cccc21. The van der Waals surface area contributed by atoms with E-state index in [0.717, 1.165) is 16.7 Å². The van der Waals surface area contributed by atoms with Crippen LogP contribution in [-0.4, -0.2) is 33.0 Å². The van der Waals surface area contributed by atoms with Crippen molar-refractivity contribution >= 4 is 16.6 Å². The third-order valence-corrected chi connectivity index (χ3v) is 6.27. The number of methoxy groups -OCH3 is 1. The van der Waals surface area contributed by atoms with E-state index in [1.807, 2.05) is 13.8 Å². The molecule has 184 valence electrons. The van der Waals surface area contributed by atoms with Gasteiger partial charge in [-0.1, -0.05) is 12.1 Å². The van der Waals surface area contributed by atoms with E-state index < -0.39 is 34.6 Å². The number of alkyl halides is 3. The number of nitrogens with one attached hydrogen (secondary N) is 1. The maximum Gasteiger partial charge on any atom is 0.431 e. The molecule has 0 bridgehead atoms. The van der Waals surface area contributed by atoms with Crippen LogP contribution in [0.15, 0.2) is 30.3 Å². The fourth-order valence-corrected chi connectivity index (χ4v) is 4.76. The molecule has 4 aromatic rings. The van der Waals surface area contributed by atoms with Crippen molar-refractivity contribution in [2.24, 2.45) is 0 Å². The Morgan fingerprint density at radius 2 is 1.86 bits per heavy atom. The van der Waals surface area contributed by atoms with Crippen molar-refractivity contribution in [2.75, 3.05) is 19.0 Å². The second-order valence-corrected chi connectivity index (χ2v) is 9.01. The second kappa shape index (κ2) is 7.77. The highest BCUT2D eigenvalue weighted by atomic mass is 19.4. The molecule has 2 aromatic heterocycles. The predicted octanol–water partition coefficient (Wildman–Crippen LogP) is 5.80. The van der Waals surface area contributed by atoms with Crippen LogP contribution in [0.25, 0.3) is 27.7 Å². The smallest absolute Gasteiger partial charge is 0.383 e. The first kappa shape index (κ1) is 23.3. The van der Waals surface area contributed by atoms with Gasteiger partial charge in [0.2, 0.25) is 0 Å². The molecule has 1 N–H and O–H groups in total. The highest BCUT2D eigenvalue weighted by Crippen LogP contribution is 2.44. The van der Waals surface area contributed by atoms with Crippen molar-refractivity contribution in [1.29, 1.82) is 0 Å². The van der Waals surface area contributed by atoms with E-state index in [2.05, 4.69) is 15.5 Å². The molecule has 0 amide bonds. The molecule has 35 heavy (non-hydrogen) atoms. The van der Waals surface area contributed by atoms with Gasteiger partial charge in [0.05, 0.1) is 23.4 Å². The maximum atomic E-state index is 16.2. The summed E-state index contributed by atoms with van der Waals surface area (Å²) in [6.07, 6.45) is -4.67. The van der Waals surface area contributed by atoms with Gasteiger partial charge in [-0.25, -0.2) is 8.78 Å². The Hall–Kier alpha value is -3.47. The van der Waals surface area contributed by atoms with Gasteiger partial charge in [-0.3, -0.25) is 4.57 Å². The van der Waals surface area contributed by atoms with Gasteiger partial charge in [0, 0.05) is 30.6 Å². The van der Waals surface area contributed by atoms with Crippen LogP contribution in [0.1, 0.15) is 31.2 Å². The van der Waals surface area contributed by atoms with Gasteiger partial charge >= 0.3 is 6.18 Å². The first-order chi connectivity index (χ1) is 16.5. The number of fused-ring (bicyclic) bond motifs is 4. The first-order valence-corrected chi connectivity index (χ1v) is 10.9. The summed E-state index contributed by atoms with van der Waals surface area (Å²) in [5.41, 5.74) is -1.67. The quantitative estimate of drug-likeness (QED) is 0.367. The molecule has 5 rings (SSSR count). The number of anilines is 1. The Morgan fingerprint density at radius 1 is 1.11 bits per heavy atom. The van der Waals surface area contributed by atoms with Gasteiger partial charge in [0.25, 0.3) is 0 Å². The number of ether oxygens (including phenoxy) is 1. The van der Waals surface area contributed by atoms with E-state index in [1.165, 1.54) is 29.9 Å². The van der Waals surface area contributed by atoms with Crippen molar-refractivity contribution in [1.82, 2.24) is 19.3 Å². The zero-order chi connectivity index (χ0) is 25.3. The number of halogens is 5. The van der Waals surface area contributed by atoms with E-state index in [-0.39, 0.29) is 41.0 Å². The monoisotopic (exact) mass is 491 g/mol. The van der Waals surface area contributed by atoms with Gasteiger partial charge in [0.1, 0.15) is 23.0 Å². The zero-order valence-corrected chi connectivity index (χ0v) is 19.4. The molecule has 0 spiro atoms. The van der Waals surface area contributed by atoms with Gasteiger partial charge in [0.15, 0.2) is 11.6 Å². The molecule has 3 heterocycles. The summed E-state index contributed by atoms with van der Waals surface area (Å²) in [4.78, 5) is 0. The lowest BCUT2D eigenvalue weighted by molar-refractivity contribution is -0.143. The molecule has 0 unspecified atom stereocenters. The van der Waals surface area contributed by atoms with E-state index in [9.17, 15) is 13.2 Å². The molecule has 0 aliphatic carbocycles. The molecule has 1 aliphatic heterocycles. The van der Waals surface area contributed by atoms with Gasteiger partial charge in [-0.05, 0) is 38.5 Å². The molecular formula is C24H22F5N5O. The first-order valence-electron chi connectivity index (χ1n) is 10.9. The summed E-state index contributed by atoms with van der Waals surface area (Å²) in [5.74, 6) is -0.986. The molecule has 2 aromatic carbocycles. The second-order valence-electron chi connectivity index (χ2n) is 9.01. The number of hydrogen-bond donors (Lipinski definition) is 1. The Bertz CT molecular complexity index is 1470. The van der Waals surface area contributed by atoms with Crippen molar-refractivity contribution in [3.63, 3.8) is 0 Å². The van der Waals surface area contributed by atoms with Crippen LogP contribution in [0.5, 0.6) is 0 Å². The number of rotatable bonds is 4. The predicted molar refractivity (Wildman–Crippen MR) is 120 cm³/mol. The van der Waals surface area contributed by atoms with E-state index in [4.69, 9.17) is 4.74 Å². The Labute approximate surface area is 197 Å². The van der Waals surface area contributed by atoms with Crippen molar-refractivity contribution in [3.05, 3.63) is 59.3 Å². The van der Waals surface area contributed by atoms with Crippen LogP contribution < -0.4 is 5.32 Å². The lowest BCUT2D eigenvalue weighted by Gasteiger charge is -2.34. The third-order valence-electron chi connectivity index (χ3n) is 6.27. The Kier molecular flexibility index (Phi) is 5.17. The molecular weight excluding hydrogens is 469 g/mol. The largest absolute Gasteiger partial charge is 0.431 e. The zero-order valence-electron chi connectivity index (χ0n) is 19.4. The normalized spacial score (nSPS) is 14.7. The molecule has 6 nitrogen and oxygen atoms in total. The van der Waals surface area contributed by atoms with Gasteiger partial charge in [-0.2, -0.15) is 13.2 Å². The van der Waals surface area contributed by atoms with Crippen molar-refractivity contribution < 1.29 is 26.7 Å². The van der Waals surface area contributed by atoms with Crippen molar-refractivity contribution in [2.45, 2.75) is 39.0 Å². The highest BCUT2D eigenvalue weighted by Gasteiger charge is 2.39. The minimum absolute atomic E-state index is 0.0130. The molecule has 0 radical (unpaired) electrons.